The van der Waals surface area contributed by atoms with E-state index < -0.39 is 11.0 Å². The number of rotatable bonds is 5. The summed E-state index contributed by atoms with van der Waals surface area (Å²) in [6.45, 7) is 0. The van der Waals surface area contributed by atoms with Crippen LogP contribution in [0.3, 0.4) is 0 Å². The van der Waals surface area contributed by atoms with Gasteiger partial charge in [0, 0.05) is 11.3 Å². The van der Waals surface area contributed by atoms with Crippen LogP contribution in [0.4, 0.5) is 10.1 Å². The second kappa shape index (κ2) is 8.82. The van der Waals surface area contributed by atoms with Gasteiger partial charge in [0.1, 0.15) is 16.8 Å². The maximum atomic E-state index is 12.9. The van der Waals surface area contributed by atoms with Gasteiger partial charge in [0.25, 0.3) is 5.91 Å². The molecule has 3 N–H and O–H groups in total. The van der Waals surface area contributed by atoms with E-state index in [0.29, 0.717) is 11.3 Å². The van der Waals surface area contributed by atoms with Gasteiger partial charge in [-0.1, -0.05) is 18.2 Å². The van der Waals surface area contributed by atoms with Crippen LogP contribution in [0.1, 0.15) is 10.4 Å². The molecule has 0 radical (unpaired) electrons. The molecule has 2 aromatic carbocycles. The van der Waals surface area contributed by atoms with E-state index in [9.17, 15) is 9.18 Å². The second-order valence-corrected chi connectivity index (χ2v) is 6.33. The van der Waals surface area contributed by atoms with Crippen molar-refractivity contribution in [2.24, 2.45) is 0 Å². The van der Waals surface area contributed by atoms with Crippen molar-refractivity contribution in [3.05, 3.63) is 66.0 Å². The molecule has 0 spiro atoms. The van der Waals surface area contributed by atoms with E-state index in [-0.39, 0.29) is 16.8 Å². The summed E-state index contributed by atoms with van der Waals surface area (Å²) in [6, 6.07) is 14.3. The minimum absolute atomic E-state index is 0.186. The van der Waals surface area contributed by atoms with E-state index >= 15 is 0 Å². The lowest BCUT2D eigenvalue weighted by Crippen LogP contribution is -2.52. The lowest BCUT2D eigenvalue weighted by molar-refractivity contribution is 0.0936. The number of halogens is 3. The van der Waals surface area contributed by atoms with Crippen LogP contribution in [0.15, 0.2) is 54.6 Å². The Balaban J connectivity index is 1.96. The number of hydrogen-bond donors (Lipinski definition) is 3. The molecule has 0 heterocycles. The normalized spacial score (nSPS) is 11.7. The zero-order valence-electron chi connectivity index (χ0n) is 12.3. The summed E-state index contributed by atoms with van der Waals surface area (Å²) in [7, 11) is 0. The Morgan fingerprint density at radius 3 is 2.21 bits per heavy atom. The largest absolute Gasteiger partial charge is 0.340 e. The van der Waals surface area contributed by atoms with Crippen LogP contribution in [0.25, 0.3) is 0 Å². The molecule has 2 aromatic rings. The fourth-order valence-electron chi connectivity index (χ4n) is 1.82. The summed E-state index contributed by atoms with van der Waals surface area (Å²) < 4.78 is 12.9. The van der Waals surface area contributed by atoms with Crippen molar-refractivity contribution in [2.45, 2.75) is 11.0 Å². The van der Waals surface area contributed by atoms with Crippen molar-refractivity contribution in [3.8, 4) is 0 Å². The van der Waals surface area contributed by atoms with Gasteiger partial charge in [-0.05, 0) is 48.6 Å². The third kappa shape index (κ3) is 5.63. The summed E-state index contributed by atoms with van der Waals surface area (Å²) in [6.07, 6.45) is -0.804. The molecule has 0 aromatic heterocycles. The van der Waals surface area contributed by atoms with Gasteiger partial charge < -0.3 is 16.0 Å². The first-order chi connectivity index (χ1) is 11.5. The highest BCUT2D eigenvalue weighted by Crippen LogP contribution is 2.10. The molecular formula is C16H14Cl2FN3OS. The van der Waals surface area contributed by atoms with Crippen molar-refractivity contribution < 1.29 is 9.18 Å². The number of benzene rings is 2. The molecular weight excluding hydrogens is 372 g/mol. The van der Waals surface area contributed by atoms with E-state index in [1.54, 1.807) is 30.3 Å². The third-order valence-electron chi connectivity index (χ3n) is 2.96. The highest BCUT2D eigenvalue weighted by molar-refractivity contribution is 7.80. The Bertz CT molecular complexity index is 698. The van der Waals surface area contributed by atoms with E-state index in [0.717, 1.165) is 0 Å². The summed E-state index contributed by atoms with van der Waals surface area (Å²) in [5, 5.41) is 8.51. The molecule has 0 aliphatic carbocycles. The molecule has 2 rings (SSSR count). The van der Waals surface area contributed by atoms with Gasteiger partial charge >= 0.3 is 0 Å². The van der Waals surface area contributed by atoms with Crippen LogP contribution >= 0.6 is 35.4 Å². The monoisotopic (exact) mass is 385 g/mol. The van der Waals surface area contributed by atoms with Gasteiger partial charge in [0.05, 0.1) is 0 Å². The van der Waals surface area contributed by atoms with Crippen molar-refractivity contribution in [1.29, 1.82) is 0 Å². The number of nitrogens with one attached hydrogen (secondary N) is 3. The maximum absolute atomic E-state index is 12.9. The van der Waals surface area contributed by atoms with Crippen molar-refractivity contribution in [2.75, 3.05) is 5.32 Å². The van der Waals surface area contributed by atoms with Crippen LogP contribution in [-0.4, -0.2) is 22.0 Å². The molecule has 126 valence electrons. The highest BCUT2D eigenvalue weighted by atomic mass is 35.5. The maximum Gasteiger partial charge on any atom is 0.252 e. The first-order valence-corrected chi connectivity index (χ1v) is 8.21. The number of thiocarbonyl (C=S) groups is 1. The summed E-state index contributed by atoms with van der Waals surface area (Å²) >= 11 is 16.9. The summed E-state index contributed by atoms with van der Waals surface area (Å²) in [4.78, 5) is 11.2. The topological polar surface area (TPSA) is 53.2 Å². The highest BCUT2D eigenvalue weighted by Gasteiger charge is 2.21. The summed E-state index contributed by atoms with van der Waals surface area (Å²) in [5.41, 5.74) is 1.05. The van der Waals surface area contributed by atoms with Crippen LogP contribution in [0.2, 0.25) is 0 Å². The number of carbonyl (C=O) groups is 1. The molecule has 0 aliphatic rings. The zero-order valence-corrected chi connectivity index (χ0v) is 14.6. The molecule has 24 heavy (non-hydrogen) atoms. The van der Waals surface area contributed by atoms with Gasteiger partial charge in [0.2, 0.25) is 0 Å². The molecule has 8 heteroatoms. The first kappa shape index (κ1) is 18.4. The number of carbonyl (C=O) groups excluding carboxylic acids is 1. The predicted molar refractivity (Wildman–Crippen MR) is 98.9 cm³/mol. The Morgan fingerprint density at radius 1 is 1.00 bits per heavy atom. The van der Waals surface area contributed by atoms with E-state index in [1.165, 1.54) is 24.3 Å². The number of hydrogen-bond acceptors (Lipinski definition) is 2. The standard InChI is InChI=1S/C16H14Cl2FN3OS/c17-13(18)14(21-15(23)10-4-2-1-3-5-10)22-16(24)20-12-8-6-11(19)7-9-12/h1-9,13-14H,(H,21,23)(H2,20,22,24)/t14-/m1/s1. The number of anilines is 1. The zero-order chi connectivity index (χ0) is 17.5. The SMILES string of the molecule is O=C(N[C@H](NC(=S)Nc1ccc(F)cc1)C(Cl)Cl)c1ccccc1. The third-order valence-corrected chi connectivity index (χ3v) is 3.69. The fourth-order valence-corrected chi connectivity index (χ4v) is 2.31. The van der Waals surface area contributed by atoms with Gasteiger partial charge in [-0.3, -0.25) is 4.79 Å². The van der Waals surface area contributed by atoms with E-state index in [2.05, 4.69) is 16.0 Å². The Morgan fingerprint density at radius 2 is 1.62 bits per heavy atom. The molecule has 0 unspecified atom stereocenters. The molecule has 0 saturated heterocycles. The molecule has 0 saturated carbocycles. The number of amides is 1. The minimum Gasteiger partial charge on any atom is -0.340 e. The lowest BCUT2D eigenvalue weighted by Gasteiger charge is -2.23. The number of alkyl halides is 2. The van der Waals surface area contributed by atoms with Crippen LogP contribution < -0.4 is 16.0 Å². The van der Waals surface area contributed by atoms with Gasteiger partial charge in [0.15, 0.2) is 5.11 Å². The molecule has 1 amide bonds. The molecule has 0 fully saturated rings. The van der Waals surface area contributed by atoms with E-state index in [1.807, 2.05) is 0 Å². The quantitative estimate of drug-likeness (QED) is 0.417. The van der Waals surface area contributed by atoms with Crippen molar-refractivity contribution in [1.82, 2.24) is 10.6 Å². The lowest BCUT2D eigenvalue weighted by atomic mass is 10.2. The second-order valence-electron chi connectivity index (χ2n) is 4.76. The molecule has 0 bridgehead atoms. The Labute approximate surface area is 154 Å². The first-order valence-electron chi connectivity index (χ1n) is 6.93. The average molecular weight is 386 g/mol. The van der Waals surface area contributed by atoms with Crippen LogP contribution in [0.5, 0.6) is 0 Å². The van der Waals surface area contributed by atoms with Crippen molar-refractivity contribution in [3.63, 3.8) is 0 Å². The van der Waals surface area contributed by atoms with Crippen molar-refractivity contribution >= 4 is 52.1 Å². The van der Waals surface area contributed by atoms with E-state index in [4.69, 9.17) is 35.4 Å². The smallest absolute Gasteiger partial charge is 0.252 e. The Kier molecular flexibility index (Phi) is 6.78. The predicted octanol–water partition coefficient (Wildman–Crippen LogP) is 3.67. The minimum atomic E-state index is -0.939. The molecule has 1 atom stereocenters. The van der Waals surface area contributed by atoms with Gasteiger partial charge in [-0.15, -0.1) is 23.2 Å². The fraction of sp³-hybridized carbons (Fsp3) is 0.125. The molecule has 4 nitrogen and oxygen atoms in total. The van der Waals surface area contributed by atoms with Crippen LogP contribution in [0, 0.1) is 5.82 Å². The Hall–Kier alpha value is -1.89. The average Bonchev–Trinajstić information content (AvgIpc) is 2.57. The van der Waals surface area contributed by atoms with Gasteiger partial charge in [-0.2, -0.15) is 0 Å². The molecule has 0 aliphatic heterocycles. The summed E-state index contributed by atoms with van der Waals surface area (Å²) in [5.74, 6) is -0.696. The van der Waals surface area contributed by atoms with Crippen LogP contribution in [-0.2, 0) is 0 Å². The van der Waals surface area contributed by atoms with Gasteiger partial charge in [-0.25, -0.2) is 4.39 Å².